The normalized spacial score (nSPS) is 17.7. The molecule has 0 aromatic carbocycles. The number of carbonyl (C=O) groups is 3. The lowest BCUT2D eigenvalue weighted by atomic mass is 10.1. The van der Waals surface area contributed by atoms with Gasteiger partial charge >= 0.3 is 5.97 Å². The summed E-state index contributed by atoms with van der Waals surface area (Å²) in [5.74, 6) is -0.726. The minimum Gasteiger partial charge on any atom is -0.465 e. The van der Waals surface area contributed by atoms with Crippen LogP contribution in [0, 0.1) is 18.8 Å². The van der Waals surface area contributed by atoms with Gasteiger partial charge in [0, 0.05) is 19.5 Å². The Kier molecular flexibility index (Phi) is 5.35. The van der Waals surface area contributed by atoms with Crippen molar-refractivity contribution in [1.82, 2.24) is 9.88 Å². The van der Waals surface area contributed by atoms with Crippen LogP contribution < -0.4 is 5.32 Å². The van der Waals surface area contributed by atoms with E-state index in [1.165, 1.54) is 7.11 Å². The van der Waals surface area contributed by atoms with E-state index in [-0.39, 0.29) is 24.2 Å². The summed E-state index contributed by atoms with van der Waals surface area (Å²) in [6.07, 6.45) is 0.215. The first-order valence-electron chi connectivity index (χ1n) is 7.46. The summed E-state index contributed by atoms with van der Waals surface area (Å²) in [6, 6.07) is 0. The number of anilines is 1. The molecule has 23 heavy (non-hydrogen) atoms. The van der Waals surface area contributed by atoms with E-state index in [4.69, 9.17) is 0 Å². The maximum absolute atomic E-state index is 12.3. The second kappa shape index (κ2) is 7.08. The highest BCUT2D eigenvalue weighted by molar-refractivity contribution is 7.17. The molecule has 8 heteroatoms. The number of esters is 1. The second-order valence-corrected chi connectivity index (χ2v) is 7.01. The van der Waals surface area contributed by atoms with Crippen LogP contribution in [0.5, 0.6) is 0 Å². The molecule has 0 radical (unpaired) electrons. The molecule has 0 saturated carbocycles. The summed E-state index contributed by atoms with van der Waals surface area (Å²) >= 11 is 1.08. The van der Waals surface area contributed by atoms with Crippen molar-refractivity contribution in [1.29, 1.82) is 0 Å². The van der Waals surface area contributed by atoms with Crippen molar-refractivity contribution in [3.05, 3.63) is 10.6 Å². The van der Waals surface area contributed by atoms with E-state index < -0.39 is 5.97 Å². The van der Waals surface area contributed by atoms with Crippen molar-refractivity contribution >= 4 is 34.3 Å². The van der Waals surface area contributed by atoms with E-state index in [1.807, 2.05) is 13.8 Å². The zero-order valence-electron chi connectivity index (χ0n) is 13.7. The number of likely N-dealkylation sites (tertiary alicyclic amines) is 1. The minimum absolute atomic E-state index is 0.00409. The van der Waals surface area contributed by atoms with Crippen molar-refractivity contribution < 1.29 is 19.1 Å². The fraction of sp³-hybridized carbons (Fsp3) is 0.600. The average Bonchev–Trinajstić information content (AvgIpc) is 3.01. The fourth-order valence-corrected chi connectivity index (χ4v) is 3.39. The number of thiazole rings is 1. The van der Waals surface area contributed by atoms with Gasteiger partial charge in [-0.05, 0) is 12.8 Å². The first-order chi connectivity index (χ1) is 10.8. The molecule has 0 spiro atoms. The highest BCUT2D eigenvalue weighted by Crippen LogP contribution is 2.25. The number of hydrogen-bond acceptors (Lipinski definition) is 6. The number of rotatable bonds is 5. The summed E-state index contributed by atoms with van der Waals surface area (Å²) in [4.78, 5) is 42.1. The molecule has 1 aromatic rings. The Bertz CT molecular complexity index is 626. The molecular weight excluding hydrogens is 318 g/mol. The zero-order chi connectivity index (χ0) is 17.1. The van der Waals surface area contributed by atoms with Crippen molar-refractivity contribution in [2.45, 2.75) is 27.2 Å². The largest absolute Gasteiger partial charge is 0.465 e. The Morgan fingerprint density at radius 2 is 2.17 bits per heavy atom. The van der Waals surface area contributed by atoms with Gasteiger partial charge in [-0.1, -0.05) is 25.2 Å². The number of aryl methyl sites for hydroxylation is 1. The van der Waals surface area contributed by atoms with Crippen LogP contribution in [-0.4, -0.2) is 47.9 Å². The van der Waals surface area contributed by atoms with Gasteiger partial charge in [0.2, 0.25) is 11.8 Å². The van der Waals surface area contributed by atoms with Crippen LogP contribution in [0.4, 0.5) is 5.13 Å². The van der Waals surface area contributed by atoms with E-state index in [1.54, 1.807) is 11.8 Å². The number of carbonyl (C=O) groups excluding carboxylic acids is 3. The van der Waals surface area contributed by atoms with E-state index >= 15 is 0 Å². The van der Waals surface area contributed by atoms with Gasteiger partial charge in [-0.15, -0.1) is 0 Å². The molecule has 1 saturated heterocycles. The third kappa shape index (κ3) is 4.07. The summed E-state index contributed by atoms with van der Waals surface area (Å²) in [7, 11) is 1.30. The fourth-order valence-electron chi connectivity index (χ4n) is 2.50. The first kappa shape index (κ1) is 17.4. The number of ether oxygens (including phenoxy) is 1. The Balaban J connectivity index is 2.00. The van der Waals surface area contributed by atoms with Crippen LogP contribution in [0.15, 0.2) is 0 Å². The molecule has 1 atom stereocenters. The topological polar surface area (TPSA) is 88.6 Å². The maximum Gasteiger partial charge on any atom is 0.350 e. The van der Waals surface area contributed by atoms with E-state index in [0.717, 1.165) is 11.3 Å². The Morgan fingerprint density at radius 1 is 1.48 bits per heavy atom. The molecule has 2 rings (SSSR count). The van der Waals surface area contributed by atoms with Gasteiger partial charge < -0.3 is 15.0 Å². The predicted molar refractivity (Wildman–Crippen MR) is 86.3 cm³/mol. The summed E-state index contributed by atoms with van der Waals surface area (Å²) in [5, 5.41) is 3.05. The Morgan fingerprint density at radius 3 is 2.78 bits per heavy atom. The monoisotopic (exact) mass is 339 g/mol. The van der Waals surface area contributed by atoms with Gasteiger partial charge in [0.1, 0.15) is 4.88 Å². The molecular formula is C15H21N3O4S. The number of hydrogen-bond donors (Lipinski definition) is 1. The van der Waals surface area contributed by atoms with Gasteiger partial charge in [0.25, 0.3) is 0 Å². The van der Waals surface area contributed by atoms with E-state index in [9.17, 15) is 14.4 Å². The number of nitrogens with zero attached hydrogens (tertiary/aromatic N) is 2. The number of nitrogens with one attached hydrogen (secondary N) is 1. The summed E-state index contributed by atoms with van der Waals surface area (Å²) in [5.41, 5.74) is 0.515. The number of amides is 2. The molecule has 1 aromatic heterocycles. The number of aromatic nitrogens is 1. The molecule has 0 bridgehead atoms. The molecule has 0 aliphatic carbocycles. The van der Waals surface area contributed by atoms with E-state index in [0.29, 0.717) is 34.7 Å². The molecule has 1 aliphatic heterocycles. The summed E-state index contributed by atoms with van der Waals surface area (Å²) < 4.78 is 4.67. The number of methoxy groups -OCH3 is 1. The van der Waals surface area contributed by atoms with Crippen LogP contribution in [0.2, 0.25) is 0 Å². The molecule has 7 nitrogen and oxygen atoms in total. The average molecular weight is 339 g/mol. The summed E-state index contributed by atoms with van der Waals surface area (Å²) in [6.45, 7) is 6.84. The molecule has 126 valence electrons. The molecule has 1 unspecified atom stereocenters. The smallest absolute Gasteiger partial charge is 0.350 e. The van der Waals surface area contributed by atoms with Gasteiger partial charge in [-0.25, -0.2) is 9.78 Å². The van der Waals surface area contributed by atoms with Crippen LogP contribution in [-0.2, 0) is 14.3 Å². The Labute approximate surface area is 139 Å². The first-order valence-corrected chi connectivity index (χ1v) is 8.27. The molecule has 1 N–H and O–H groups in total. The molecule has 2 amide bonds. The van der Waals surface area contributed by atoms with Crippen LogP contribution in [0.25, 0.3) is 0 Å². The third-order valence-electron chi connectivity index (χ3n) is 3.57. The van der Waals surface area contributed by atoms with Crippen molar-refractivity contribution in [2.75, 3.05) is 25.5 Å². The van der Waals surface area contributed by atoms with Crippen molar-refractivity contribution in [3.8, 4) is 0 Å². The lowest BCUT2D eigenvalue weighted by molar-refractivity contribution is -0.128. The zero-order valence-corrected chi connectivity index (χ0v) is 14.5. The van der Waals surface area contributed by atoms with E-state index in [2.05, 4.69) is 15.0 Å². The second-order valence-electron chi connectivity index (χ2n) is 6.01. The van der Waals surface area contributed by atoms with Crippen molar-refractivity contribution in [2.24, 2.45) is 11.8 Å². The quantitative estimate of drug-likeness (QED) is 0.825. The maximum atomic E-state index is 12.3. The van der Waals surface area contributed by atoms with Crippen LogP contribution in [0.3, 0.4) is 0 Å². The van der Waals surface area contributed by atoms with Gasteiger partial charge in [0.15, 0.2) is 5.13 Å². The third-order valence-corrected chi connectivity index (χ3v) is 4.62. The lowest BCUT2D eigenvalue weighted by Crippen LogP contribution is -2.31. The predicted octanol–water partition coefficient (Wildman–Crippen LogP) is 1.68. The SMILES string of the molecule is COC(=O)c1sc(NC(=O)C2CC(=O)N(CC(C)C)C2)nc1C. The molecule has 1 aliphatic rings. The van der Waals surface area contributed by atoms with Crippen LogP contribution >= 0.6 is 11.3 Å². The highest BCUT2D eigenvalue weighted by Gasteiger charge is 2.34. The van der Waals surface area contributed by atoms with Crippen molar-refractivity contribution in [3.63, 3.8) is 0 Å². The van der Waals surface area contributed by atoms with Gasteiger partial charge in [0.05, 0.1) is 18.7 Å². The molecule has 2 heterocycles. The standard InChI is InChI=1S/C15H21N3O4S/c1-8(2)6-18-7-10(5-11(18)19)13(20)17-15-16-9(3)12(23-15)14(21)22-4/h8,10H,5-7H2,1-4H3,(H,16,17,20). The lowest BCUT2D eigenvalue weighted by Gasteiger charge is -2.18. The van der Waals surface area contributed by atoms with Gasteiger partial charge in [-0.2, -0.15) is 0 Å². The minimum atomic E-state index is -0.473. The van der Waals surface area contributed by atoms with Gasteiger partial charge in [-0.3, -0.25) is 9.59 Å². The Hall–Kier alpha value is -1.96. The molecule has 1 fully saturated rings. The highest BCUT2D eigenvalue weighted by atomic mass is 32.1. The van der Waals surface area contributed by atoms with Crippen LogP contribution in [0.1, 0.15) is 35.6 Å².